The highest BCUT2D eigenvalue weighted by Gasteiger charge is 2.29. The first-order valence-corrected chi connectivity index (χ1v) is 8.73. The van der Waals surface area contributed by atoms with Crippen LogP contribution in [0, 0.1) is 6.92 Å². The van der Waals surface area contributed by atoms with Gasteiger partial charge in [-0.2, -0.15) is 0 Å². The number of likely N-dealkylation sites (tertiary alicyclic amines) is 1. The van der Waals surface area contributed by atoms with Gasteiger partial charge in [-0.1, -0.05) is 24.3 Å². The average molecular weight is 321 g/mol. The molecule has 1 saturated heterocycles. The standard InChI is InChI=1S/C20H23N3O/c1-15-5-2-3-6-17(15)16-8-10-22(13-16)11-12-23-14-19-18(20(23)24)7-4-9-21-19/h2-7,9,16H,8,10-14H2,1H3. The van der Waals surface area contributed by atoms with Gasteiger partial charge in [-0.25, -0.2) is 0 Å². The first-order valence-electron chi connectivity index (χ1n) is 8.73. The van der Waals surface area contributed by atoms with E-state index < -0.39 is 0 Å². The van der Waals surface area contributed by atoms with Gasteiger partial charge in [0, 0.05) is 25.8 Å². The highest BCUT2D eigenvalue weighted by Crippen LogP contribution is 2.29. The van der Waals surface area contributed by atoms with Crippen LogP contribution in [0.5, 0.6) is 0 Å². The SMILES string of the molecule is Cc1ccccc1C1CCN(CCN2Cc3ncccc3C2=O)C1. The summed E-state index contributed by atoms with van der Waals surface area (Å²) in [6.07, 6.45) is 2.98. The molecule has 0 N–H and O–H groups in total. The van der Waals surface area contributed by atoms with Gasteiger partial charge in [0.25, 0.3) is 5.91 Å². The van der Waals surface area contributed by atoms with Gasteiger partial charge in [0.15, 0.2) is 0 Å². The molecular formula is C20H23N3O. The Labute approximate surface area is 143 Å². The van der Waals surface area contributed by atoms with Gasteiger partial charge >= 0.3 is 0 Å². The van der Waals surface area contributed by atoms with E-state index in [0.29, 0.717) is 12.5 Å². The van der Waals surface area contributed by atoms with Gasteiger partial charge in [-0.15, -0.1) is 0 Å². The van der Waals surface area contributed by atoms with Gasteiger partial charge in [0.2, 0.25) is 0 Å². The summed E-state index contributed by atoms with van der Waals surface area (Å²) in [6, 6.07) is 12.4. The maximum Gasteiger partial charge on any atom is 0.256 e. The molecule has 4 nitrogen and oxygen atoms in total. The summed E-state index contributed by atoms with van der Waals surface area (Å²) in [6.45, 7) is 6.80. The van der Waals surface area contributed by atoms with Crippen molar-refractivity contribution in [1.82, 2.24) is 14.8 Å². The number of fused-ring (bicyclic) bond motifs is 1. The second kappa shape index (κ2) is 6.36. The minimum absolute atomic E-state index is 0.132. The lowest BCUT2D eigenvalue weighted by Crippen LogP contribution is -2.34. The van der Waals surface area contributed by atoms with Crippen LogP contribution in [0.15, 0.2) is 42.6 Å². The van der Waals surface area contributed by atoms with Crippen molar-refractivity contribution in [1.29, 1.82) is 0 Å². The van der Waals surface area contributed by atoms with Crippen LogP contribution in [0.3, 0.4) is 0 Å². The smallest absolute Gasteiger partial charge is 0.256 e. The van der Waals surface area contributed by atoms with Crippen molar-refractivity contribution in [3.05, 3.63) is 65.0 Å². The lowest BCUT2D eigenvalue weighted by Gasteiger charge is -2.21. The molecule has 3 heterocycles. The van der Waals surface area contributed by atoms with Crippen LogP contribution in [-0.2, 0) is 6.54 Å². The number of aryl methyl sites for hydroxylation is 1. The summed E-state index contributed by atoms with van der Waals surface area (Å²) in [5.41, 5.74) is 4.56. The molecule has 2 aromatic rings. The summed E-state index contributed by atoms with van der Waals surface area (Å²) in [5, 5.41) is 0. The number of carbonyl (C=O) groups excluding carboxylic acids is 1. The summed E-state index contributed by atoms with van der Waals surface area (Å²) in [5.74, 6) is 0.757. The molecule has 0 radical (unpaired) electrons. The van der Waals surface area contributed by atoms with Crippen LogP contribution in [0.25, 0.3) is 0 Å². The third-order valence-corrected chi connectivity index (χ3v) is 5.34. The van der Waals surface area contributed by atoms with Gasteiger partial charge in [-0.05, 0) is 49.1 Å². The third-order valence-electron chi connectivity index (χ3n) is 5.34. The molecule has 1 amide bonds. The fourth-order valence-corrected chi connectivity index (χ4v) is 3.96. The van der Waals surface area contributed by atoms with Gasteiger partial charge in [-0.3, -0.25) is 9.78 Å². The molecule has 4 rings (SSSR count). The zero-order valence-corrected chi connectivity index (χ0v) is 14.1. The van der Waals surface area contributed by atoms with Crippen molar-refractivity contribution >= 4 is 5.91 Å². The zero-order chi connectivity index (χ0) is 16.5. The van der Waals surface area contributed by atoms with Gasteiger partial charge in [0.05, 0.1) is 17.8 Å². The molecule has 124 valence electrons. The molecule has 2 aliphatic heterocycles. The summed E-state index contributed by atoms with van der Waals surface area (Å²) >= 11 is 0. The van der Waals surface area contributed by atoms with E-state index in [1.165, 1.54) is 17.5 Å². The quantitative estimate of drug-likeness (QED) is 0.869. The first-order chi connectivity index (χ1) is 11.7. The Morgan fingerprint density at radius 1 is 1.17 bits per heavy atom. The molecule has 0 saturated carbocycles. The van der Waals surface area contributed by atoms with Crippen molar-refractivity contribution in [3.8, 4) is 0 Å². The largest absolute Gasteiger partial charge is 0.331 e. The maximum absolute atomic E-state index is 12.4. The summed E-state index contributed by atoms with van der Waals surface area (Å²) in [4.78, 5) is 21.1. The van der Waals surface area contributed by atoms with E-state index in [4.69, 9.17) is 0 Å². The van der Waals surface area contributed by atoms with E-state index in [9.17, 15) is 4.79 Å². The Kier molecular flexibility index (Phi) is 4.07. The summed E-state index contributed by atoms with van der Waals surface area (Å²) < 4.78 is 0. The molecule has 1 aromatic heterocycles. The maximum atomic E-state index is 12.4. The molecule has 1 atom stereocenters. The Hall–Kier alpha value is -2.20. The van der Waals surface area contributed by atoms with E-state index in [1.807, 2.05) is 17.0 Å². The number of hydrogen-bond acceptors (Lipinski definition) is 3. The van der Waals surface area contributed by atoms with E-state index in [1.54, 1.807) is 6.20 Å². The van der Waals surface area contributed by atoms with Crippen molar-refractivity contribution < 1.29 is 4.79 Å². The predicted molar refractivity (Wildman–Crippen MR) is 94.0 cm³/mol. The van der Waals surface area contributed by atoms with Crippen LogP contribution in [0.1, 0.15) is 39.5 Å². The molecular weight excluding hydrogens is 298 g/mol. The van der Waals surface area contributed by atoms with Crippen molar-refractivity contribution in [2.75, 3.05) is 26.2 Å². The monoisotopic (exact) mass is 321 g/mol. The lowest BCUT2D eigenvalue weighted by molar-refractivity contribution is 0.0763. The molecule has 1 aromatic carbocycles. The minimum Gasteiger partial charge on any atom is -0.331 e. The number of pyridine rings is 1. The molecule has 24 heavy (non-hydrogen) atoms. The van der Waals surface area contributed by atoms with Crippen LogP contribution >= 0.6 is 0 Å². The van der Waals surface area contributed by atoms with Crippen LogP contribution in [0.2, 0.25) is 0 Å². The van der Waals surface area contributed by atoms with Crippen molar-refractivity contribution in [2.24, 2.45) is 0 Å². The molecule has 4 heteroatoms. The van der Waals surface area contributed by atoms with Crippen LogP contribution in [-0.4, -0.2) is 46.9 Å². The first kappa shape index (κ1) is 15.3. The zero-order valence-electron chi connectivity index (χ0n) is 14.1. The second-order valence-corrected chi connectivity index (χ2v) is 6.87. The van der Waals surface area contributed by atoms with E-state index in [-0.39, 0.29) is 5.91 Å². The molecule has 2 aliphatic rings. The lowest BCUT2D eigenvalue weighted by atomic mass is 9.94. The average Bonchev–Trinajstić information content (AvgIpc) is 3.19. The fraction of sp³-hybridized carbons (Fsp3) is 0.400. The van der Waals surface area contributed by atoms with E-state index >= 15 is 0 Å². The van der Waals surface area contributed by atoms with Crippen LogP contribution in [0.4, 0.5) is 0 Å². The minimum atomic E-state index is 0.132. The van der Waals surface area contributed by atoms with Crippen molar-refractivity contribution in [3.63, 3.8) is 0 Å². The normalized spacial score (nSPS) is 20.6. The van der Waals surface area contributed by atoms with Gasteiger partial charge < -0.3 is 9.80 Å². The van der Waals surface area contributed by atoms with Crippen molar-refractivity contribution in [2.45, 2.75) is 25.8 Å². The molecule has 0 spiro atoms. The predicted octanol–water partition coefficient (Wildman–Crippen LogP) is 2.84. The fourth-order valence-electron chi connectivity index (χ4n) is 3.96. The second-order valence-electron chi connectivity index (χ2n) is 6.87. The number of rotatable bonds is 4. The topological polar surface area (TPSA) is 36.4 Å². The van der Waals surface area contributed by atoms with E-state index in [2.05, 4.69) is 41.1 Å². The number of amides is 1. The highest BCUT2D eigenvalue weighted by atomic mass is 16.2. The highest BCUT2D eigenvalue weighted by molar-refractivity contribution is 5.97. The number of carbonyl (C=O) groups is 1. The third kappa shape index (κ3) is 2.82. The molecule has 0 bridgehead atoms. The molecule has 1 unspecified atom stereocenters. The van der Waals surface area contributed by atoms with Crippen LogP contribution < -0.4 is 0 Å². The Balaban J connectivity index is 1.34. The Bertz CT molecular complexity index is 758. The number of hydrogen-bond donors (Lipinski definition) is 0. The Morgan fingerprint density at radius 3 is 2.88 bits per heavy atom. The summed E-state index contributed by atoms with van der Waals surface area (Å²) in [7, 11) is 0. The van der Waals surface area contributed by atoms with Gasteiger partial charge in [0.1, 0.15) is 0 Å². The molecule has 1 fully saturated rings. The number of nitrogens with zero attached hydrogens (tertiary/aromatic N) is 3. The van der Waals surface area contributed by atoms with E-state index in [0.717, 1.165) is 37.4 Å². The molecule has 0 aliphatic carbocycles. The number of benzene rings is 1. The number of aromatic nitrogens is 1. The Morgan fingerprint density at radius 2 is 2.04 bits per heavy atom.